The van der Waals surface area contributed by atoms with Crippen molar-refractivity contribution in [1.29, 1.82) is 0 Å². The van der Waals surface area contributed by atoms with Gasteiger partial charge in [0.2, 0.25) is 5.82 Å². The molecule has 1 aromatic carbocycles. The second-order valence-electron chi connectivity index (χ2n) is 3.87. The lowest BCUT2D eigenvalue weighted by Crippen LogP contribution is -1.94. The predicted octanol–water partition coefficient (Wildman–Crippen LogP) is 3.40. The molecule has 3 rings (SSSR count). The fourth-order valence-electron chi connectivity index (χ4n) is 1.74. The first-order chi connectivity index (χ1) is 8.74. The number of nitrogens with zero attached hydrogens (tertiary/aromatic N) is 3. The molecule has 5 heteroatoms. The molecule has 4 nitrogen and oxygen atoms in total. The first-order valence-electron chi connectivity index (χ1n) is 5.45. The number of halogens is 1. The summed E-state index contributed by atoms with van der Waals surface area (Å²) in [4.78, 5) is 4.47. The Morgan fingerprint density at radius 3 is 2.61 bits per heavy atom. The summed E-state index contributed by atoms with van der Waals surface area (Å²) in [6.07, 6.45) is 1.60. The standard InChI is InChI=1S/C13H10ClN3O/c1-17-13(9-4-6-10(14)7-5-9)15-12(16-17)11-3-2-8-18-11/h2-8H,1H3. The van der Waals surface area contributed by atoms with Crippen molar-refractivity contribution in [1.82, 2.24) is 14.8 Å². The lowest BCUT2D eigenvalue weighted by Gasteiger charge is -1.99. The molecule has 0 saturated carbocycles. The molecule has 0 aliphatic carbocycles. The van der Waals surface area contributed by atoms with Crippen LogP contribution < -0.4 is 0 Å². The highest BCUT2D eigenvalue weighted by Gasteiger charge is 2.12. The van der Waals surface area contributed by atoms with Gasteiger partial charge in [0.1, 0.15) is 0 Å². The summed E-state index contributed by atoms with van der Waals surface area (Å²) in [6.45, 7) is 0. The Morgan fingerprint density at radius 2 is 1.94 bits per heavy atom. The second-order valence-corrected chi connectivity index (χ2v) is 4.30. The van der Waals surface area contributed by atoms with Crippen molar-refractivity contribution < 1.29 is 4.42 Å². The molecular weight excluding hydrogens is 250 g/mol. The Balaban J connectivity index is 2.06. The van der Waals surface area contributed by atoms with Gasteiger partial charge in [0, 0.05) is 17.6 Å². The maximum absolute atomic E-state index is 5.87. The van der Waals surface area contributed by atoms with Crippen LogP contribution in [0, 0.1) is 0 Å². The van der Waals surface area contributed by atoms with E-state index in [2.05, 4.69) is 10.1 Å². The van der Waals surface area contributed by atoms with Crippen molar-refractivity contribution in [3.63, 3.8) is 0 Å². The Morgan fingerprint density at radius 1 is 1.17 bits per heavy atom. The van der Waals surface area contributed by atoms with Gasteiger partial charge in [0.15, 0.2) is 11.6 Å². The van der Waals surface area contributed by atoms with E-state index in [-0.39, 0.29) is 0 Å². The van der Waals surface area contributed by atoms with Gasteiger partial charge in [-0.25, -0.2) is 9.67 Å². The second kappa shape index (κ2) is 4.31. The van der Waals surface area contributed by atoms with Crippen LogP contribution in [0.15, 0.2) is 47.1 Å². The highest BCUT2D eigenvalue weighted by Crippen LogP contribution is 2.23. The lowest BCUT2D eigenvalue weighted by molar-refractivity contribution is 0.576. The van der Waals surface area contributed by atoms with Crippen molar-refractivity contribution in [2.75, 3.05) is 0 Å². The summed E-state index contributed by atoms with van der Waals surface area (Å²) in [7, 11) is 1.85. The van der Waals surface area contributed by atoms with Gasteiger partial charge in [-0.3, -0.25) is 0 Å². The van der Waals surface area contributed by atoms with Gasteiger partial charge in [-0.2, -0.15) is 0 Å². The molecule has 2 heterocycles. The van der Waals surface area contributed by atoms with Gasteiger partial charge < -0.3 is 4.42 Å². The van der Waals surface area contributed by atoms with Gasteiger partial charge in [-0.15, -0.1) is 5.10 Å². The SMILES string of the molecule is Cn1nc(-c2ccco2)nc1-c1ccc(Cl)cc1. The van der Waals surface area contributed by atoms with E-state index in [0.29, 0.717) is 16.6 Å². The van der Waals surface area contributed by atoms with Crippen LogP contribution in [0.4, 0.5) is 0 Å². The number of aromatic nitrogens is 3. The van der Waals surface area contributed by atoms with E-state index in [1.54, 1.807) is 10.9 Å². The van der Waals surface area contributed by atoms with E-state index in [9.17, 15) is 0 Å². The lowest BCUT2D eigenvalue weighted by atomic mass is 10.2. The van der Waals surface area contributed by atoms with Crippen LogP contribution in [0.25, 0.3) is 23.0 Å². The first kappa shape index (κ1) is 11.0. The quantitative estimate of drug-likeness (QED) is 0.708. The molecule has 0 atom stereocenters. The molecule has 3 aromatic rings. The number of hydrogen-bond donors (Lipinski definition) is 0. The van der Waals surface area contributed by atoms with Crippen LogP contribution in [-0.2, 0) is 7.05 Å². The minimum absolute atomic E-state index is 0.576. The van der Waals surface area contributed by atoms with Crippen molar-refractivity contribution >= 4 is 11.6 Å². The fraction of sp³-hybridized carbons (Fsp3) is 0.0769. The molecule has 0 N–H and O–H groups in total. The molecule has 0 bridgehead atoms. The van der Waals surface area contributed by atoms with E-state index in [1.165, 1.54) is 0 Å². The van der Waals surface area contributed by atoms with Gasteiger partial charge in [0.05, 0.1) is 6.26 Å². The topological polar surface area (TPSA) is 43.9 Å². The molecule has 0 spiro atoms. The molecule has 0 aliphatic rings. The van der Waals surface area contributed by atoms with Crippen LogP contribution in [0.5, 0.6) is 0 Å². The van der Waals surface area contributed by atoms with Crippen molar-refractivity contribution in [2.24, 2.45) is 7.05 Å². The first-order valence-corrected chi connectivity index (χ1v) is 5.83. The van der Waals surface area contributed by atoms with Gasteiger partial charge >= 0.3 is 0 Å². The molecule has 0 aliphatic heterocycles. The molecule has 0 amide bonds. The third-order valence-electron chi connectivity index (χ3n) is 2.61. The molecule has 18 heavy (non-hydrogen) atoms. The summed E-state index contributed by atoms with van der Waals surface area (Å²) in [6, 6.07) is 11.1. The van der Waals surface area contributed by atoms with E-state index in [4.69, 9.17) is 16.0 Å². The Bertz CT molecular complexity index is 656. The monoisotopic (exact) mass is 259 g/mol. The van der Waals surface area contributed by atoms with Gasteiger partial charge in [0.25, 0.3) is 0 Å². The van der Waals surface area contributed by atoms with Crippen molar-refractivity contribution in [2.45, 2.75) is 0 Å². The van der Waals surface area contributed by atoms with Crippen LogP contribution in [0.3, 0.4) is 0 Å². The van der Waals surface area contributed by atoms with Gasteiger partial charge in [-0.05, 0) is 36.4 Å². The number of furan rings is 1. The average Bonchev–Trinajstić information content (AvgIpc) is 2.99. The highest BCUT2D eigenvalue weighted by atomic mass is 35.5. The molecule has 2 aromatic heterocycles. The predicted molar refractivity (Wildman–Crippen MR) is 69.2 cm³/mol. The van der Waals surface area contributed by atoms with Crippen LogP contribution in [0.1, 0.15) is 0 Å². The number of hydrogen-bond acceptors (Lipinski definition) is 3. The smallest absolute Gasteiger partial charge is 0.217 e. The average molecular weight is 260 g/mol. The zero-order chi connectivity index (χ0) is 12.5. The van der Waals surface area contributed by atoms with E-state index in [0.717, 1.165) is 11.4 Å². The van der Waals surface area contributed by atoms with Crippen LogP contribution in [-0.4, -0.2) is 14.8 Å². The maximum Gasteiger partial charge on any atom is 0.217 e. The zero-order valence-electron chi connectivity index (χ0n) is 9.67. The largest absolute Gasteiger partial charge is 0.461 e. The molecule has 0 fully saturated rings. The summed E-state index contributed by atoms with van der Waals surface area (Å²) in [5.74, 6) is 2.01. The van der Waals surface area contributed by atoms with Crippen LogP contribution >= 0.6 is 11.6 Å². The van der Waals surface area contributed by atoms with Crippen molar-refractivity contribution in [3.8, 4) is 23.0 Å². The third kappa shape index (κ3) is 1.91. The molecular formula is C13H10ClN3O. The summed E-state index contributed by atoms with van der Waals surface area (Å²) >= 11 is 5.87. The molecule has 0 saturated heterocycles. The van der Waals surface area contributed by atoms with Gasteiger partial charge in [-0.1, -0.05) is 11.6 Å². The van der Waals surface area contributed by atoms with E-state index >= 15 is 0 Å². The number of rotatable bonds is 2. The minimum Gasteiger partial charge on any atom is -0.461 e. The van der Waals surface area contributed by atoms with Crippen LogP contribution in [0.2, 0.25) is 5.02 Å². The van der Waals surface area contributed by atoms with E-state index < -0.39 is 0 Å². The third-order valence-corrected chi connectivity index (χ3v) is 2.86. The van der Waals surface area contributed by atoms with E-state index in [1.807, 2.05) is 43.4 Å². The zero-order valence-corrected chi connectivity index (χ0v) is 10.4. The summed E-state index contributed by atoms with van der Waals surface area (Å²) in [5.41, 5.74) is 0.965. The Hall–Kier alpha value is -2.07. The molecule has 90 valence electrons. The normalized spacial score (nSPS) is 10.8. The molecule has 0 radical (unpaired) electrons. The summed E-state index contributed by atoms with van der Waals surface area (Å²) < 4.78 is 7.01. The maximum atomic E-state index is 5.87. The van der Waals surface area contributed by atoms with Crippen molar-refractivity contribution in [3.05, 3.63) is 47.7 Å². The number of benzene rings is 1. The Kier molecular flexibility index (Phi) is 2.64. The Labute approximate surface area is 109 Å². The highest BCUT2D eigenvalue weighted by molar-refractivity contribution is 6.30. The number of aryl methyl sites for hydroxylation is 1. The minimum atomic E-state index is 0.576. The fourth-order valence-corrected chi connectivity index (χ4v) is 1.87. The molecule has 0 unspecified atom stereocenters. The summed E-state index contributed by atoms with van der Waals surface area (Å²) in [5, 5.41) is 5.03.